The van der Waals surface area contributed by atoms with E-state index in [2.05, 4.69) is 23.8 Å². The lowest BCUT2D eigenvalue weighted by molar-refractivity contribution is 0.164. The molecule has 0 aromatic rings. The Morgan fingerprint density at radius 2 is 2.16 bits per heavy atom. The largest absolute Gasteiger partial charge is 0.483 e. The predicted octanol–water partition coefficient (Wildman–Crippen LogP) is 2.59. The zero-order chi connectivity index (χ0) is 14.1. The molecule has 0 aliphatic carbocycles. The summed E-state index contributed by atoms with van der Waals surface area (Å²) in [5.41, 5.74) is 0.944. The predicted molar refractivity (Wildman–Crippen MR) is 81.7 cm³/mol. The highest BCUT2D eigenvalue weighted by atomic mass is 16.5. The van der Waals surface area contributed by atoms with E-state index in [9.17, 15) is 5.02 Å². The number of hydrogen-bond acceptors (Lipinski definition) is 4. The topological polar surface area (TPSA) is 54.2 Å². The second-order valence-corrected chi connectivity index (χ2v) is 4.40. The van der Waals surface area contributed by atoms with E-state index in [0.717, 1.165) is 30.7 Å². The van der Waals surface area contributed by atoms with Gasteiger partial charge in [0.25, 0.3) is 0 Å². The van der Waals surface area contributed by atoms with Crippen LogP contribution in [0.25, 0.3) is 0 Å². The molecule has 0 spiro atoms. The quantitative estimate of drug-likeness (QED) is 0.717. The van der Waals surface area contributed by atoms with Crippen LogP contribution in [-0.4, -0.2) is 36.8 Å². The number of allylic oxidation sites excluding steroid dienone is 2. The highest BCUT2D eigenvalue weighted by molar-refractivity contribution is 6.49. The smallest absolute Gasteiger partial charge is 0.423 e. The van der Waals surface area contributed by atoms with E-state index in [1.54, 1.807) is 12.2 Å². The minimum atomic E-state index is -0.867. The van der Waals surface area contributed by atoms with Crippen LogP contribution in [0.3, 0.4) is 0 Å². The monoisotopic (exact) mass is 262 g/mol. The Morgan fingerprint density at radius 3 is 2.79 bits per heavy atom. The minimum absolute atomic E-state index is 0.103. The molecule has 1 aliphatic rings. The molecule has 0 amide bonds. The number of nitrogens with zero attached hydrogens (tertiary/aromatic N) is 2. The summed E-state index contributed by atoms with van der Waals surface area (Å²) in [7, 11) is -0.867. The maximum Gasteiger partial charge on any atom is 0.483 e. The molecule has 0 atom stereocenters. The van der Waals surface area contributed by atoms with E-state index in [-0.39, 0.29) is 6.10 Å². The van der Waals surface area contributed by atoms with Gasteiger partial charge < -0.3 is 9.68 Å². The van der Waals surface area contributed by atoms with Gasteiger partial charge in [0.2, 0.25) is 0 Å². The molecular weight excluding hydrogens is 239 g/mol. The fourth-order valence-corrected chi connectivity index (χ4v) is 1.73. The molecule has 0 bridgehead atoms. The lowest BCUT2D eigenvalue weighted by atomic mass is 9.88. The third-order valence-corrected chi connectivity index (χ3v) is 2.98. The summed E-state index contributed by atoms with van der Waals surface area (Å²) >= 11 is 0. The molecule has 1 aliphatic heterocycles. The van der Waals surface area contributed by atoms with Crippen molar-refractivity contribution in [3.05, 3.63) is 23.7 Å². The normalized spacial score (nSPS) is 15.6. The Balaban J connectivity index is 2.51. The molecular formula is C14H23BN2O2. The van der Waals surface area contributed by atoms with Crippen LogP contribution in [0.4, 0.5) is 0 Å². The summed E-state index contributed by atoms with van der Waals surface area (Å²) in [4.78, 5) is 8.59. The Hall–Kier alpha value is -1.20. The van der Waals surface area contributed by atoms with Crippen molar-refractivity contribution in [2.45, 2.75) is 46.1 Å². The second-order valence-electron chi connectivity index (χ2n) is 4.40. The van der Waals surface area contributed by atoms with E-state index in [4.69, 9.17) is 4.65 Å². The molecule has 104 valence electrons. The second kappa shape index (κ2) is 8.83. The fraction of sp³-hybridized carbons (Fsp3) is 0.571. The van der Waals surface area contributed by atoms with Crippen molar-refractivity contribution < 1.29 is 9.68 Å². The van der Waals surface area contributed by atoms with Crippen LogP contribution in [0.5, 0.6) is 0 Å². The molecule has 0 aromatic heterocycles. The Labute approximate surface area is 116 Å². The number of aliphatic imine (C=N–C) groups is 2. The Bertz CT molecular complexity index is 385. The van der Waals surface area contributed by atoms with Gasteiger partial charge in [-0.3, -0.25) is 4.99 Å². The molecule has 4 nitrogen and oxygen atoms in total. The Morgan fingerprint density at radius 1 is 1.42 bits per heavy atom. The van der Waals surface area contributed by atoms with Crippen molar-refractivity contribution in [3.63, 3.8) is 0 Å². The fourth-order valence-electron chi connectivity index (χ4n) is 1.73. The minimum Gasteiger partial charge on any atom is -0.423 e. The van der Waals surface area contributed by atoms with Crippen molar-refractivity contribution in [1.82, 2.24) is 0 Å². The van der Waals surface area contributed by atoms with Crippen LogP contribution in [0.2, 0.25) is 0 Å². The standard InChI is InChI=1S/C14H23BN2O2/c1-4-13(5-2)19-15(18)9-7-12-8-10-16-14(6-3)17-11-12/h7-9,11,13,18H,4-6,10H2,1-3H3/b9-7+. The molecule has 0 fully saturated rings. The van der Waals surface area contributed by atoms with Gasteiger partial charge in [0.1, 0.15) is 5.84 Å². The molecule has 1 rings (SSSR count). The molecule has 1 heterocycles. The molecule has 1 N–H and O–H groups in total. The van der Waals surface area contributed by atoms with Crippen molar-refractivity contribution in [2.24, 2.45) is 9.98 Å². The van der Waals surface area contributed by atoms with Gasteiger partial charge in [-0.25, -0.2) is 4.99 Å². The first-order valence-corrected chi connectivity index (χ1v) is 6.98. The number of rotatable bonds is 7. The highest BCUT2D eigenvalue weighted by Crippen LogP contribution is 2.06. The molecule has 5 heteroatoms. The SMILES string of the molecule is CCC1=NCC=C(/C=C/B(O)OC(CC)CC)C=N1. The summed E-state index contributed by atoms with van der Waals surface area (Å²) in [5.74, 6) is 2.50. The van der Waals surface area contributed by atoms with E-state index in [1.807, 2.05) is 19.1 Å². The van der Waals surface area contributed by atoms with Crippen LogP contribution in [-0.2, 0) is 4.65 Å². The molecule has 19 heavy (non-hydrogen) atoms. The van der Waals surface area contributed by atoms with E-state index in [0.29, 0.717) is 6.54 Å². The van der Waals surface area contributed by atoms with Gasteiger partial charge in [0.05, 0.1) is 6.54 Å². The van der Waals surface area contributed by atoms with Crippen molar-refractivity contribution in [3.8, 4) is 0 Å². The van der Waals surface area contributed by atoms with E-state index < -0.39 is 7.12 Å². The average molecular weight is 262 g/mol. The maximum atomic E-state index is 9.77. The first-order chi connectivity index (χ1) is 9.19. The van der Waals surface area contributed by atoms with Gasteiger partial charge in [-0.05, 0) is 18.4 Å². The van der Waals surface area contributed by atoms with Crippen LogP contribution < -0.4 is 0 Å². The number of hydrogen-bond donors (Lipinski definition) is 1. The lowest BCUT2D eigenvalue weighted by Gasteiger charge is -2.14. The van der Waals surface area contributed by atoms with Crippen molar-refractivity contribution in [1.29, 1.82) is 0 Å². The summed E-state index contributed by atoms with van der Waals surface area (Å²) in [6.45, 7) is 6.76. The lowest BCUT2D eigenvalue weighted by Crippen LogP contribution is -2.23. The summed E-state index contributed by atoms with van der Waals surface area (Å²) in [6, 6.07) is 0. The molecule has 0 unspecified atom stereocenters. The van der Waals surface area contributed by atoms with Crippen LogP contribution >= 0.6 is 0 Å². The molecule has 0 aromatic carbocycles. The number of amidine groups is 1. The van der Waals surface area contributed by atoms with Gasteiger partial charge in [-0.15, -0.1) is 0 Å². The summed E-state index contributed by atoms with van der Waals surface area (Å²) in [6.07, 6.45) is 8.32. The van der Waals surface area contributed by atoms with Crippen LogP contribution in [0.1, 0.15) is 40.0 Å². The highest BCUT2D eigenvalue weighted by Gasteiger charge is 2.13. The van der Waals surface area contributed by atoms with Crippen LogP contribution in [0.15, 0.2) is 33.7 Å². The first kappa shape index (κ1) is 15.9. The zero-order valence-electron chi connectivity index (χ0n) is 12.0. The van der Waals surface area contributed by atoms with E-state index in [1.165, 1.54) is 0 Å². The summed E-state index contributed by atoms with van der Waals surface area (Å²) < 4.78 is 5.48. The van der Waals surface area contributed by atoms with Crippen molar-refractivity contribution in [2.75, 3.05) is 6.54 Å². The molecule has 0 radical (unpaired) electrons. The molecule has 0 saturated heterocycles. The van der Waals surface area contributed by atoms with Crippen LogP contribution in [0, 0.1) is 0 Å². The Kier molecular flexibility index (Phi) is 7.37. The zero-order valence-corrected chi connectivity index (χ0v) is 12.0. The third-order valence-electron chi connectivity index (χ3n) is 2.98. The van der Waals surface area contributed by atoms with Crippen molar-refractivity contribution >= 4 is 19.2 Å². The third kappa shape index (κ3) is 5.99. The van der Waals surface area contributed by atoms with Gasteiger partial charge in [-0.1, -0.05) is 38.9 Å². The van der Waals surface area contributed by atoms with Gasteiger partial charge in [-0.2, -0.15) is 0 Å². The maximum absolute atomic E-state index is 9.77. The van der Waals surface area contributed by atoms with E-state index >= 15 is 0 Å². The first-order valence-electron chi connectivity index (χ1n) is 6.98. The van der Waals surface area contributed by atoms with Gasteiger partial charge in [0.15, 0.2) is 0 Å². The molecule has 0 saturated carbocycles. The average Bonchev–Trinajstić information content (AvgIpc) is 2.67. The summed E-state index contributed by atoms with van der Waals surface area (Å²) in [5, 5.41) is 9.77. The van der Waals surface area contributed by atoms with Gasteiger partial charge in [0, 0.05) is 18.7 Å². The van der Waals surface area contributed by atoms with Gasteiger partial charge >= 0.3 is 7.12 Å².